The van der Waals surface area contributed by atoms with Crippen LogP contribution >= 0.6 is 0 Å². The Kier molecular flexibility index (Phi) is 3.09. The maximum absolute atomic E-state index is 8.68. The van der Waals surface area contributed by atoms with Crippen LogP contribution in [0.2, 0.25) is 0 Å². The van der Waals surface area contributed by atoms with Crippen molar-refractivity contribution in [2.24, 2.45) is 0 Å². The van der Waals surface area contributed by atoms with Crippen LogP contribution in [-0.4, -0.2) is 12.7 Å². The Morgan fingerprint density at radius 3 is 2.41 bits per heavy atom. The van der Waals surface area contributed by atoms with Crippen molar-refractivity contribution >= 4 is 29.6 Å². The molecule has 0 aliphatic rings. The number of benzene rings is 3. The molecule has 3 aromatic carbocycles. The van der Waals surface area contributed by atoms with Gasteiger partial charge in [-0.25, -0.2) is 0 Å². The Labute approximate surface area is 128 Å². The summed E-state index contributed by atoms with van der Waals surface area (Å²) in [4.78, 5) is 0. The van der Waals surface area contributed by atoms with Gasteiger partial charge < -0.3 is 14.1 Å². The quantitative estimate of drug-likeness (QED) is 0.575. The van der Waals surface area contributed by atoms with Crippen molar-refractivity contribution in [2.45, 2.75) is 0 Å². The highest BCUT2D eigenvalue weighted by atomic mass is 16.5. The summed E-state index contributed by atoms with van der Waals surface area (Å²) in [5.41, 5.74) is 3.95. The summed E-state index contributed by atoms with van der Waals surface area (Å²) >= 11 is 0. The largest absolute Gasteiger partial charge is 0.569 e. The molecule has 0 saturated heterocycles. The predicted molar refractivity (Wildman–Crippen MR) is 87.8 cm³/mol. The fourth-order valence-corrected chi connectivity index (χ4v) is 2.79. The van der Waals surface area contributed by atoms with Crippen molar-refractivity contribution in [3.05, 3.63) is 66.7 Å². The average Bonchev–Trinajstić information content (AvgIpc) is 2.94. The molecule has 4 heteroatoms. The standard InChI is InChI=1S/C18H12BO3/c20-19-22-13-10-8-12(9-11-13)14-5-3-7-17-18(14)15-4-1-2-6-16(15)21-17/h1-11,20H. The van der Waals surface area contributed by atoms with Crippen LogP contribution in [0.5, 0.6) is 5.75 Å². The molecule has 0 spiro atoms. The minimum Gasteiger partial charge on any atom is -0.537 e. The Morgan fingerprint density at radius 1 is 0.818 bits per heavy atom. The number of rotatable bonds is 3. The first-order valence-electron chi connectivity index (χ1n) is 7.00. The first-order valence-corrected chi connectivity index (χ1v) is 7.00. The number of furan rings is 1. The summed E-state index contributed by atoms with van der Waals surface area (Å²) in [5, 5.41) is 10.9. The Hall–Kier alpha value is -2.72. The van der Waals surface area contributed by atoms with Crippen LogP contribution in [0.1, 0.15) is 0 Å². The van der Waals surface area contributed by atoms with Crippen molar-refractivity contribution in [3.8, 4) is 16.9 Å². The zero-order chi connectivity index (χ0) is 14.9. The minimum atomic E-state index is 0.593. The lowest BCUT2D eigenvalue weighted by atomic mass is 9.99. The van der Waals surface area contributed by atoms with Gasteiger partial charge in [-0.15, -0.1) is 0 Å². The fourth-order valence-electron chi connectivity index (χ4n) is 2.79. The Bertz CT molecular complexity index is 942. The van der Waals surface area contributed by atoms with E-state index in [-0.39, 0.29) is 0 Å². The smallest absolute Gasteiger partial charge is 0.537 e. The molecule has 1 aromatic heterocycles. The molecule has 22 heavy (non-hydrogen) atoms. The van der Waals surface area contributed by atoms with Gasteiger partial charge in [-0.2, -0.15) is 0 Å². The third-order valence-electron chi connectivity index (χ3n) is 3.76. The second-order valence-electron chi connectivity index (χ2n) is 5.02. The Balaban J connectivity index is 1.94. The molecule has 1 N–H and O–H groups in total. The number of para-hydroxylation sites is 1. The molecule has 105 valence electrons. The van der Waals surface area contributed by atoms with E-state index in [1.165, 1.54) is 0 Å². The van der Waals surface area contributed by atoms with E-state index >= 15 is 0 Å². The van der Waals surface area contributed by atoms with Gasteiger partial charge in [0.05, 0.1) is 0 Å². The average molecular weight is 287 g/mol. The maximum Gasteiger partial charge on any atom is 0.569 e. The van der Waals surface area contributed by atoms with Gasteiger partial charge in [0.25, 0.3) is 0 Å². The molecule has 4 aromatic rings. The zero-order valence-electron chi connectivity index (χ0n) is 11.7. The second kappa shape index (κ2) is 5.24. The zero-order valence-corrected chi connectivity index (χ0v) is 11.7. The molecule has 1 heterocycles. The molecule has 0 amide bonds. The van der Waals surface area contributed by atoms with Crippen LogP contribution < -0.4 is 4.65 Å². The minimum absolute atomic E-state index is 0.593. The SMILES string of the molecule is O[B]Oc1ccc(-c2cccc3oc4ccccc4c23)cc1. The van der Waals surface area contributed by atoms with E-state index < -0.39 is 0 Å². The maximum atomic E-state index is 8.68. The van der Waals surface area contributed by atoms with Gasteiger partial charge in [-0.3, -0.25) is 0 Å². The van der Waals surface area contributed by atoms with Gasteiger partial charge in [0, 0.05) is 10.8 Å². The van der Waals surface area contributed by atoms with Gasteiger partial charge in [-0.05, 0) is 35.4 Å². The van der Waals surface area contributed by atoms with E-state index in [2.05, 4.69) is 12.1 Å². The molecule has 0 atom stereocenters. The van der Waals surface area contributed by atoms with Crippen LogP contribution in [0.25, 0.3) is 33.1 Å². The molecule has 0 saturated carbocycles. The van der Waals surface area contributed by atoms with Gasteiger partial charge >= 0.3 is 7.69 Å². The Morgan fingerprint density at radius 2 is 1.59 bits per heavy atom. The van der Waals surface area contributed by atoms with Gasteiger partial charge in [0.1, 0.15) is 16.9 Å². The highest BCUT2D eigenvalue weighted by Crippen LogP contribution is 2.36. The molecule has 0 unspecified atom stereocenters. The molecule has 0 bridgehead atoms. The van der Waals surface area contributed by atoms with Crippen LogP contribution in [0.3, 0.4) is 0 Å². The lowest BCUT2D eigenvalue weighted by Gasteiger charge is -2.06. The molecule has 0 aliphatic carbocycles. The van der Waals surface area contributed by atoms with Crippen molar-refractivity contribution in [1.82, 2.24) is 0 Å². The lowest BCUT2D eigenvalue weighted by molar-refractivity contribution is 0.454. The molecule has 1 radical (unpaired) electrons. The van der Waals surface area contributed by atoms with Crippen LogP contribution in [-0.2, 0) is 0 Å². The summed E-state index contributed by atoms with van der Waals surface area (Å²) in [6.07, 6.45) is 0. The molecule has 0 fully saturated rings. The van der Waals surface area contributed by atoms with E-state index in [1.807, 2.05) is 54.6 Å². The van der Waals surface area contributed by atoms with Crippen molar-refractivity contribution in [1.29, 1.82) is 0 Å². The van der Waals surface area contributed by atoms with Crippen LogP contribution in [0.4, 0.5) is 0 Å². The summed E-state index contributed by atoms with van der Waals surface area (Å²) < 4.78 is 10.9. The molecular formula is C18H12BO3. The normalized spacial score (nSPS) is 11.0. The van der Waals surface area contributed by atoms with E-state index in [0.29, 0.717) is 13.4 Å². The fraction of sp³-hybridized carbons (Fsp3) is 0. The second-order valence-corrected chi connectivity index (χ2v) is 5.02. The topological polar surface area (TPSA) is 42.6 Å². The van der Waals surface area contributed by atoms with E-state index in [0.717, 1.165) is 33.1 Å². The molecule has 3 nitrogen and oxygen atoms in total. The number of hydrogen-bond donors (Lipinski definition) is 1. The summed E-state index contributed by atoms with van der Waals surface area (Å²) in [6.45, 7) is 0. The van der Waals surface area contributed by atoms with Crippen molar-refractivity contribution < 1.29 is 14.1 Å². The first kappa shape index (κ1) is 13.0. The first-order chi connectivity index (χ1) is 10.9. The van der Waals surface area contributed by atoms with Gasteiger partial charge in [0.2, 0.25) is 0 Å². The predicted octanol–water partition coefficient (Wildman–Crippen LogP) is 4.16. The third kappa shape index (κ3) is 2.05. The van der Waals surface area contributed by atoms with Crippen molar-refractivity contribution in [3.63, 3.8) is 0 Å². The lowest BCUT2D eigenvalue weighted by Crippen LogP contribution is -1.99. The van der Waals surface area contributed by atoms with E-state index in [4.69, 9.17) is 14.1 Å². The molecular weight excluding hydrogens is 275 g/mol. The monoisotopic (exact) mass is 287 g/mol. The van der Waals surface area contributed by atoms with Gasteiger partial charge in [-0.1, -0.05) is 42.5 Å². The van der Waals surface area contributed by atoms with E-state index in [9.17, 15) is 0 Å². The summed E-state index contributed by atoms with van der Waals surface area (Å²) in [7, 11) is 0.680. The summed E-state index contributed by atoms with van der Waals surface area (Å²) in [5.74, 6) is 0.593. The number of hydrogen-bond acceptors (Lipinski definition) is 3. The number of fused-ring (bicyclic) bond motifs is 3. The van der Waals surface area contributed by atoms with Gasteiger partial charge in [0.15, 0.2) is 0 Å². The third-order valence-corrected chi connectivity index (χ3v) is 3.76. The van der Waals surface area contributed by atoms with E-state index in [1.54, 1.807) is 0 Å². The highest BCUT2D eigenvalue weighted by molar-refractivity contribution is 6.17. The molecule has 4 rings (SSSR count). The van der Waals surface area contributed by atoms with Crippen LogP contribution in [0.15, 0.2) is 71.1 Å². The highest BCUT2D eigenvalue weighted by Gasteiger charge is 2.11. The summed E-state index contributed by atoms with van der Waals surface area (Å²) in [6, 6.07) is 21.7. The molecule has 0 aliphatic heterocycles. The van der Waals surface area contributed by atoms with Crippen LogP contribution in [0, 0.1) is 0 Å². The van der Waals surface area contributed by atoms with Crippen molar-refractivity contribution in [2.75, 3.05) is 0 Å².